The van der Waals surface area contributed by atoms with Gasteiger partial charge in [-0.1, -0.05) is 32.0 Å². The highest BCUT2D eigenvalue weighted by Gasteiger charge is 2.16. The first-order chi connectivity index (χ1) is 10.1. The third-order valence-electron chi connectivity index (χ3n) is 3.33. The van der Waals surface area contributed by atoms with E-state index >= 15 is 0 Å². The summed E-state index contributed by atoms with van der Waals surface area (Å²) in [5.41, 5.74) is 7.18. The largest absolute Gasteiger partial charge is 0.496 e. The van der Waals surface area contributed by atoms with E-state index in [1.54, 1.807) is 7.11 Å². The van der Waals surface area contributed by atoms with Gasteiger partial charge in [-0.25, -0.2) is 0 Å². The van der Waals surface area contributed by atoms with Gasteiger partial charge in [-0.15, -0.1) is 10.2 Å². The molecule has 1 heterocycles. The van der Waals surface area contributed by atoms with Crippen molar-refractivity contribution in [3.63, 3.8) is 0 Å². The molecule has 5 heteroatoms. The Bertz CT molecular complexity index is 566. The molecule has 21 heavy (non-hydrogen) atoms. The average molecular weight is 289 g/mol. The van der Waals surface area contributed by atoms with Crippen molar-refractivity contribution < 1.29 is 9.15 Å². The molecule has 1 unspecified atom stereocenters. The summed E-state index contributed by atoms with van der Waals surface area (Å²) in [6.07, 6.45) is 2.32. The van der Waals surface area contributed by atoms with Gasteiger partial charge in [0.05, 0.1) is 13.2 Å². The zero-order chi connectivity index (χ0) is 15.2. The van der Waals surface area contributed by atoms with Crippen LogP contribution in [0, 0.1) is 5.92 Å². The van der Waals surface area contributed by atoms with Crippen molar-refractivity contribution in [2.45, 2.75) is 39.2 Å². The molecule has 0 aliphatic heterocycles. The normalized spacial score (nSPS) is 12.6. The third-order valence-corrected chi connectivity index (χ3v) is 3.33. The van der Waals surface area contributed by atoms with E-state index in [9.17, 15) is 0 Å². The molecule has 0 spiro atoms. The van der Waals surface area contributed by atoms with Crippen LogP contribution in [0.3, 0.4) is 0 Å². The van der Waals surface area contributed by atoms with Crippen LogP contribution in [0.1, 0.15) is 43.7 Å². The van der Waals surface area contributed by atoms with E-state index in [1.165, 1.54) is 0 Å². The quantitative estimate of drug-likeness (QED) is 0.848. The summed E-state index contributed by atoms with van der Waals surface area (Å²) in [5, 5.41) is 8.13. The van der Waals surface area contributed by atoms with Crippen LogP contribution in [0.25, 0.3) is 0 Å². The predicted octanol–water partition coefficient (Wildman–Crippen LogP) is 2.91. The van der Waals surface area contributed by atoms with E-state index in [0.29, 0.717) is 24.1 Å². The lowest BCUT2D eigenvalue weighted by Gasteiger charge is -2.09. The molecular formula is C16H23N3O2. The van der Waals surface area contributed by atoms with Crippen LogP contribution in [0.5, 0.6) is 5.75 Å². The molecule has 0 amide bonds. The number of para-hydroxylation sites is 1. The molecule has 1 aromatic carbocycles. The number of aromatic nitrogens is 2. The highest BCUT2D eigenvalue weighted by molar-refractivity contribution is 5.33. The Labute approximate surface area is 125 Å². The molecule has 2 rings (SSSR count). The summed E-state index contributed by atoms with van der Waals surface area (Å²) >= 11 is 0. The fourth-order valence-electron chi connectivity index (χ4n) is 2.28. The SMILES string of the molecule is COc1ccccc1CCc1nnc(C(N)CC(C)C)o1. The minimum Gasteiger partial charge on any atom is -0.496 e. The Morgan fingerprint density at radius 1 is 1.19 bits per heavy atom. The molecule has 2 aromatic rings. The number of ether oxygens (including phenoxy) is 1. The van der Waals surface area contributed by atoms with Crippen LogP contribution in [-0.2, 0) is 12.8 Å². The first kappa shape index (κ1) is 15.5. The number of aryl methyl sites for hydroxylation is 2. The first-order valence-corrected chi connectivity index (χ1v) is 7.30. The summed E-state index contributed by atoms with van der Waals surface area (Å²) in [4.78, 5) is 0. The molecule has 1 atom stereocenters. The predicted molar refractivity (Wildman–Crippen MR) is 81.1 cm³/mol. The Hall–Kier alpha value is -1.88. The molecule has 1 aromatic heterocycles. The van der Waals surface area contributed by atoms with Gasteiger partial charge in [0.15, 0.2) is 0 Å². The van der Waals surface area contributed by atoms with Gasteiger partial charge in [0, 0.05) is 6.42 Å². The van der Waals surface area contributed by atoms with E-state index in [4.69, 9.17) is 14.9 Å². The molecule has 0 radical (unpaired) electrons. The van der Waals surface area contributed by atoms with Gasteiger partial charge in [0.1, 0.15) is 5.75 Å². The molecule has 0 aliphatic carbocycles. The summed E-state index contributed by atoms with van der Waals surface area (Å²) in [6.45, 7) is 4.25. The molecule has 0 saturated carbocycles. The highest BCUT2D eigenvalue weighted by atomic mass is 16.5. The van der Waals surface area contributed by atoms with Crippen molar-refractivity contribution in [3.05, 3.63) is 41.6 Å². The summed E-state index contributed by atoms with van der Waals surface area (Å²) in [6, 6.07) is 7.76. The number of nitrogens with zero attached hydrogens (tertiary/aromatic N) is 2. The molecule has 2 N–H and O–H groups in total. The van der Waals surface area contributed by atoms with Gasteiger partial charge in [0.2, 0.25) is 11.8 Å². The number of benzene rings is 1. The van der Waals surface area contributed by atoms with E-state index < -0.39 is 0 Å². The molecule has 0 aliphatic rings. The van der Waals surface area contributed by atoms with Crippen molar-refractivity contribution in [1.82, 2.24) is 10.2 Å². The van der Waals surface area contributed by atoms with Crippen molar-refractivity contribution >= 4 is 0 Å². The molecule has 0 fully saturated rings. The molecule has 5 nitrogen and oxygen atoms in total. The fraction of sp³-hybridized carbons (Fsp3) is 0.500. The first-order valence-electron chi connectivity index (χ1n) is 7.30. The lowest BCUT2D eigenvalue weighted by atomic mass is 10.0. The molecule has 0 saturated heterocycles. The van der Waals surface area contributed by atoms with Gasteiger partial charge in [0.25, 0.3) is 0 Å². The lowest BCUT2D eigenvalue weighted by Crippen LogP contribution is -2.13. The standard InChI is InChI=1S/C16H23N3O2/c1-11(2)10-13(17)16-19-18-15(21-16)9-8-12-6-4-5-7-14(12)20-3/h4-7,11,13H,8-10,17H2,1-3H3. The van der Waals surface area contributed by atoms with Crippen LogP contribution in [-0.4, -0.2) is 17.3 Å². The smallest absolute Gasteiger partial charge is 0.233 e. The Morgan fingerprint density at radius 2 is 1.95 bits per heavy atom. The van der Waals surface area contributed by atoms with Gasteiger partial charge in [-0.3, -0.25) is 0 Å². The maximum absolute atomic E-state index is 6.05. The van der Waals surface area contributed by atoms with Crippen LogP contribution >= 0.6 is 0 Å². The summed E-state index contributed by atoms with van der Waals surface area (Å²) in [5.74, 6) is 2.53. The van der Waals surface area contributed by atoms with E-state index in [-0.39, 0.29) is 6.04 Å². The topological polar surface area (TPSA) is 74.2 Å². The molecular weight excluding hydrogens is 266 g/mol. The van der Waals surface area contributed by atoms with Crippen molar-refractivity contribution in [3.8, 4) is 5.75 Å². The average Bonchev–Trinajstić information content (AvgIpc) is 2.93. The fourth-order valence-corrected chi connectivity index (χ4v) is 2.28. The third kappa shape index (κ3) is 4.29. The van der Waals surface area contributed by atoms with Gasteiger partial charge in [-0.05, 0) is 30.4 Å². The monoisotopic (exact) mass is 289 g/mol. The van der Waals surface area contributed by atoms with Gasteiger partial charge in [-0.2, -0.15) is 0 Å². The maximum atomic E-state index is 6.05. The Kier molecular flexibility index (Phi) is 5.33. The lowest BCUT2D eigenvalue weighted by molar-refractivity contribution is 0.381. The van der Waals surface area contributed by atoms with Crippen LogP contribution in [0.4, 0.5) is 0 Å². The number of rotatable bonds is 7. The van der Waals surface area contributed by atoms with E-state index in [2.05, 4.69) is 24.0 Å². The molecule has 114 valence electrons. The number of hydrogen-bond donors (Lipinski definition) is 1. The zero-order valence-corrected chi connectivity index (χ0v) is 12.9. The Morgan fingerprint density at radius 3 is 2.67 bits per heavy atom. The number of hydrogen-bond acceptors (Lipinski definition) is 5. The van der Waals surface area contributed by atoms with Gasteiger partial charge >= 0.3 is 0 Å². The van der Waals surface area contributed by atoms with Crippen molar-refractivity contribution in [2.24, 2.45) is 11.7 Å². The van der Waals surface area contributed by atoms with E-state index in [0.717, 1.165) is 24.2 Å². The van der Waals surface area contributed by atoms with Crippen LogP contribution in [0.15, 0.2) is 28.7 Å². The number of methoxy groups -OCH3 is 1. The highest BCUT2D eigenvalue weighted by Crippen LogP contribution is 2.21. The minimum absolute atomic E-state index is 0.183. The van der Waals surface area contributed by atoms with Crippen molar-refractivity contribution in [1.29, 1.82) is 0 Å². The van der Waals surface area contributed by atoms with Crippen LogP contribution in [0.2, 0.25) is 0 Å². The summed E-state index contributed by atoms with van der Waals surface area (Å²) < 4.78 is 11.0. The number of nitrogens with two attached hydrogens (primary N) is 1. The second-order valence-electron chi connectivity index (χ2n) is 5.58. The van der Waals surface area contributed by atoms with Crippen molar-refractivity contribution in [2.75, 3.05) is 7.11 Å². The maximum Gasteiger partial charge on any atom is 0.233 e. The van der Waals surface area contributed by atoms with Gasteiger partial charge < -0.3 is 14.9 Å². The second kappa shape index (κ2) is 7.22. The second-order valence-corrected chi connectivity index (χ2v) is 5.58. The minimum atomic E-state index is -0.183. The molecule has 0 bridgehead atoms. The zero-order valence-electron chi connectivity index (χ0n) is 12.9. The summed E-state index contributed by atoms with van der Waals surface area (Å²) in [7, 11) is 1.68. The Balaban J connectivity index is 1.96. The van der Waals surface area contributed by atoms with Crippen LogP contribution < -0.4 is 10.5 Å². The van der Waals surface area contributed by atoms with E-state index in [1.807, 2.05) is 24.3 Å².